The summed E-state index contributed by atoms with van der Waals surface area (Å²) in [4.78, 5) is 20.0. The van der Waals surface area contributed by atoms with Gasteiger partial charge in [-0.1, -0.05) is 0 Å². The van der Waals surface area contributed by atoms with Gasteiger partial charge in [-0.2, -0.15) is 0 Å². The molecular formula is C15H16N6S. The molecule has 0 bridgehead atoms. The molecule has 3 aromatic heterocycles. The van der Waals surface area contributed by atoms with Crippen LogP contribution in [0.25, 0.3) is 10.8 Å². The molecule has 0 aliphatic carbocycles. The topological polar surface area (TPSA) is 59.7 Å². The van der Waals surface area contributed by atoms with E-state index in [1.807, 2.05) is 12.4 Å². The second kappa shape index (κ2) is 5.58. The van der Waals surface area contributed by atoms with E-state index in [9.17, 15) is 0 Å². The molecule has 7 heteroatoms. The lowest BCUT2D eigenvalue weighted by molar-refractivity contribution is 0.238. The number of rotatable bonds is 3. The van der Waals surface area contributed by atoms with Gasteiger partial charge in [-0.15, -0.1) is 11.3 Å². The van der Waals surface area contributed by atoms with E-state index < -0.39 is 0 Å². The van der Waals surface area contributed by atoms with Gasteiger partial charge >= 0.3 is 0 Å². The maximum absolute atomic E-state index is 4.66. The lowest BCUT2D eigenvalue weighted by atomic mass is 10.1. The largest absolute Gasteiger partial charge is 0.337 e. The minimum Gasteiger partial charge on any atom is -0.337 e. The molecule has 0 radical (unpaired) electrons. The molecule has 1 aliphatic rings. The summed E-state index contributed by atoms with van der Waals surface area (Å²) in [5, 5.41) is 2.98. The molecule has 22 heavy (non-hydrogen) atoms. The minimum absolute atomic E-state index is 0.699. The summed E-state index contributed by atoms with van der Waals surface area (Å²) in [7, 11) is 2.06. The molecule has 1 aliphatic heterocycles. The summed E-state index contributed by atoms with van der Waals surface area (Å²) in [5.74, 6) is 0.699. The van der Waals surface area contributed by atoms with Gasteiger partial charge in [-0.3, -0.25) is 4.90 Å². The highest BCUT2D eigenvalue weighted by Gasteiger charge is 2.20. The number of thiazole rings is 1. The Morgan fingerprint density at radius 1 is 1.23 bits per heavy atom. The average molecular weight is 312 g/mol. The monoisotopic (exact) mass is 312 g/mol. The van der Waals surface area contributed by atoms with Gasteiger partial charge in [0.05, 0.1) is 17.7 Å². The van der Waals surface area contributed by atoms with E-state index in [4.69, 9.17) is 0 Å². The molecule has 4 rings (SSSR count). The van der Waals surface area contributed by atoms with Gasteiger partial charge < -0.3 is 4.57 Å². The minimum atomic E-state index is 0.699. The zero-order chi connectivity index (χ0) is 14.9. The van der Waals surface area contributed by atoms with Crippen molar-refractivity contribution in [1.29, 1.82) is 0 Å². The van der Waals surface area contributed by atoms with E-state index in [2.05, 4.69) is 41.8 Å². The third kappa shape index (κ3) is 2.53. The van der Waals surface area contributed by atoms with E-state index >= 15 is 0 Å². The quantitative estimate of drug-likeness (QED) is 0.739. The van der Waals surface area contributed by atoms with Crippen LogP contribution in [0.5, 0.6) is 0 Å². The number of aromatic nitrogens is 5. The summed E-state index contributed by atoms with van der Waals surface area (Å²) in [6.45, 7) is 2.78. The van der Waals surface area contributed by atoms with Crippen LogP contribution in [0.1, 0.15) is 17.1 Å². The summed E-state index contributed by atoms with van der Waals surface area (Å²) in [5.41, 5.74) is 3.62. The zero-order valence-corrected chi connectivity index (χ0v) is 13.1. The Balaban J connectivity index is 1.48. The summed E-state index contributed by atoms with van der Waals surface area (Å²) < 4.78 is 2.13. The second-order valence-corrected chi connectivity index (χ2v) is 6.28. The molecule has 0 saturated carbocycles. The molecule has 0 atom stereocenters. The molecule has 0 amide bonds. The second-order valence-electron chi connectivity index (χ2n) is 5.43. The first-order valence-electron chi connectivity index (χ1n) is 7.23. The molecule has 3 aromatic rings. The average Bonchev–Trinajstić information content (AvgIpc) is 3.16. The van der Waals surface area contributed by atoms with Crippen molar-refractivity contribution in [2.24, 2.45) is 7.05 Å². The van der Waals surface area contributed by atoms with Crippen LogP contribution in [0.4, 0.5) is 0 Å². The fourth-order valence-electron chi connectivity index (χ4n) is 2.77. The van der Waals surface area contributed by atoms with Gasteiger partial charge in [0.1, 0.15) is 0 Å². The number of nitrogens with zero attached hydrogens (tertiary/aromatic N) is 6. The van der Waals surface area contributed by atoms with Crippen LogP contribution in [-0.2, 0) is 26.6 Å². The highest BCUT2D eigenvalue weighted by molar-refractivity contribution is 7.13. The first-order valence-corrected chi connectivity index (χ1v) is 8.11. The summed E-state index contributed by atoms with van der Waals surface area (Å²) in [6, 6.07) is 1.82. The van der Waals surface area contributed by atoms with Crippen molar-refractivity contribution >= 4 is 11.3 Å². The Morgan fingerprint density at radius 2 is 2.09 bits per heavy atom. The molecule has 0 fully saturated rings. The van der Waals surface area contributed by atoms with Crippen molar-refractivity contribution in [1.82, 2.24) is 29.4 Å². The Kier molecular flexibility index (Phi) is 3.44. The molecule has 0 N–H and O–H groups in total. The van der Waals surface area contributed by atoms with Gasteiger partial charge in [0.25, 0.3) is 0 Å². The van der Waals surface area contributed by atoms with Crippen LogP contribution in [-0.4, -0.2) is 35.9 Å². The first-order chi connectivity index (χ1) is 10.8. The number of fused-ring (bicyclic) bond motifs is 1. The fraction of sp³-hybridized carbons (Fsp3) is 0.333. The highest BCUT2D eigenvalue weighted by atomic mass is 32.1. The highest BCUT2D eigenvalue weighted by Crippen LogP contribution is 2.23. The number of aryl methyl sites for hydroxylation is 1. The standard InChI is InChI=1S/C15H16N6S/c1-20-10-18-12-8-21(6-3-13(12)20)7-11-9-22-15(19-11)14-16-4-2-5-17-14/h2,4-5,9-10H,3,6-8H2,1H3. The molecule has 0 unspecified atom stereocenters. The Bertz CT molecular complexity index is 778. The summed E-state index contributed by atoms with van der Waals surface area (Å²) in [6.07, 6.45) is 6.44. The molecule has 4 heterocycles. The third-order valence-electron chi connectivity index (χ3n) is 3.88. The van der Waals surface area contributed by atoms with Crippen molar-refractivity contribution in [2.45, 2.75) is 19.5 Å². The number of hydrogen-bond donors (Lipinski definition) is 0. The van der Waals surface area contributed by atoms with E-state index in [0.29, 0.717) is 5.82 Å². The van der Waals surface area contributed by atoms with E-state index in [-0.39, 0.29) is 0 Å². The van der Waals surface area contributed by atoms with Gasteiger partial charge in [0, 0.05) is 56.6 Å². The number of imidazole rings is 1. The zero-order valence-electron chi connectivity index (χ0n) is 12.3. The first kappa shape index (κ1) is 13.5. The Hall–Kier alpha value is -2.12. The van der Waals surface area contributed by atoms with Crippen molar-refractivity contribution in [3.8, 4) is 10.8 Å². The molecule has 112 valence electrons. The number of hydrogen-bond acceptors (Lipinski definition) is 6. The lowest BCUT2D eigenvalue weighted by Gasteiger charge is -2.25. The van der Waals surface area contributed by atoms with E-state index in [0.717, 1.165) is 36.8 Å². The molecule has 6 nitrogen and oxygen atoms in total. The Morgan fingerprint density at radius 3 is 2.95 bits per heavy atom. The van der Waals surface area contributed by atoms with Gasteiger partial charge in [-0.25, -0.2) is 19.9 Å². The third-order valence-corrected chi connectivity index (χ3v) is 4.77. The molecular weight excluding hydrogens is 296 g/mol. The van der Waals surface area contributed by atoms with Gasteiger partial charge in [0.15, 0.2) is 10.8 Å². The predicted molar refractivity (Wildman–Crippen MR) is 84.2 cm³/mol. The van der Waals surface area contributed by atoms with Crippen LogP contribution >= 0.6 is 11.3 Å². The van der Waals surface area contributed by atoms with Gasteiger partial charge in [-0.05, 0) is 6.07 Å². The van der Waals surface area contributed by atoms with Crippen molar-refractivity contribution in [2.75, 3.05) is 6.54 Å². The SMILES string of the molecule is Cn1cnc2c1CCN(Cc1csc(-c3ncccn3)n1)C2. The van der Waals surface area contributed by atoms with E-state index in [1.54, 1.807) is 23.7 Å². The van der Waals surface area contributed by atoms with Crippen molar-refractivity contribution in [3.63, 3.8) is 0 Å². The maximum atomic E-state index is 4.66. The normalized spacial score (nSPS) is 15.0. The molecule has 0 spiro atoms. The van der Waals surface area contributed by atoms with Crippen molar-refractivity contribution < 1.29 is 0 Å². The molecule has 0 aromatic carbocycles. The van der Waals surface area contributed by atoms with E-state index in [1.165, 1.54) is 11.4 Å². The smallest absolute Gasteiger partial charge is 0.188 e. The maximum Gasteiger partial charge on any atom is 0.188 e. The van der Waals surface area contributed by atoms with Crippen LogP contribution in [0.15, 0.2) is 30.2 Å². The molecule has 0 saturated heterocycles. The van der Waals surface area contributed by atoms with Crippen LogP contribution in [0.2, 0.25) is 0 Å². The lowest BCUT2D eigenvalue weighted by Crippen LogP contribution is -2.30. The van der Waals surface area contributed by atoms with Crippen LogP contribution in [0, 0.1) is 0 Å². The van der Waals surface area contributed by atoms with Gasteiger partial charge in [0.2, 0.25) is 0 Å². The Labute approximate surface area is 132 Å². The summed E-state index contributed by atoms with van der Waals surface area (Å²) >= 11 is 1.60. The van der Waals surface area contributed by atoms with Crippen LogP contribution < -0.4 is 0 Å². The predicted octanol–water partition coefficient (Wildman–Crippen LogP) is 1.89. The fourth-order valence-corrected chi connectivity index (χ4v) is 3.52. The van der Waals surface area contributed by atoms with Crippen LogP contribution in [0.3, 0.4) is 0 Å². The van der Waals surface area contributed by atoms with Crippen molar-refractivity contribution in [3.05, 3.63) is 47.2 Å².